The van der Waals surface area contributed by atoms with E-state index >= 15 is 0 Å². The summed E-state index contributed by atoms with van der Waals surface area (Å²) in [7, 11) is 1.66. The molecule has 2 N–H and O–H groups in total. The molecule has 0 amide bonds. The van der Waals surface area contributed by atoms with Gasteiger partial charge in [0.05, 0.1) is 16.1 Å². The number of nitrogens with one attached hydrogen (secondary N) is 1. The topological polar surface area (TPSA) is 41.5 Å². The predicted molar refractivity (Wildman–Crippen MR) is 90.2 cm³/mol. The highest BCUT2D eigenvalue weighted by molar-refractivity contribution is 9.11. The molecule has 0 radical (unpaired) electrons. The zero-order valence-electron chi connectivity index (χ0n) is 12.1. The molecule has 0 saturated carbocycles. The van der Waals surface area contributed by atoms with Crippen LogP contribution in [0, 0.1) is 5.92 Å². The number of methoxy groups -OCH3 is 1. The molecule has 3 nitrogen and oxygen atoms in total. The fraction of sp³-hybridized carbons (Fsp3) is 0.600. The van der Waals surface area contributed by atoms with Crippen LogP contribution in [0.15, 0.2) is 21.1 Å². The van der Waals surface area contributed by atoms with E-state index in [9.17, 15) is 0 Å². The first-order chi connectivity index (χ1) is 9.62. The van der Waals surface area contributed by atoms with Gasteiger partial charge in [0, 0.05) is 13.2 Å². The van der Waals surface area contributed by atoms with Crippen LogP contribution in [0.5, 0.6) is 5.75 Å². The van der Waals surface area contributed by atoms with Crippen molar-refractivity contribution in [1.82, 2.24) is 5.32 Å². The first-order valence-electron chi connectivity index (χ1n) is 6.95. The lowest BCUT2D eigenvalue weighted by Gasteiger charge is -2.16. The lowest BCUT2D eigenvalue weighted by molar-refractivity contribution is 0.248. The summed E-state index contributed by atoms with van der Waals surface area (Å²) in [6.07, 6.45) is 3.19. The molecular formula is C15H23Br2NO2. The van der Waals surface area contributed by atoms with Crippen LogP contribution in [0.1, 0.15) is 31.7 Å². The summed E-state index contributed by atoms with van der Waals surface area (Å²) >= 11 is 7.03. The van der Waals surface area contributed by atoms with Gasteiger partial charge in [-0.3, -0.25) is 0 Å². The van der Waals surface area contributed by atoms with Gasteiger partial charge in [-0.15, -0.1) is 0 Å². The average molecular weight is 409 g/mol. The fourth-order valence-electron chi connectivity index (χ4n) is 2.27. The van der Waals surface area contributed by atoms with Crippen molar-refractivity contribution in [3.8, 4) is 5.75 Å². The Bertz CT molecular complexity index is 384. The Hall–Kier alpha value is -0.100. The maximum Gasteiger partial charge on any atom is 0.147 e. The van der Waals surface area contributed by atoms with Crippen LogP contribution in [0.4, 0.5) is 0 Å². The Balaban J connectivity index is 2.53. The van der Waals surface area contributed by atoms with Gasteiger partial charge in [0.15, 0.2) is 0 Å². The molecule has 1 atom stereocenters. The summed E-state index contributed by atoms with van der Waals surface area (Å²) < 4.78 is 7.20. The second-order valence-electron chi connectivity index (χ2n) is 4.89. The molecule has 0 aromatic heterocycles. The molecule has 0 aliphatic carbocycles. The maximum atomic E-state index is 9.06. The van der Waals surface area contributed by atoms with Gasteiger partial charge >= 0.3 is 0 Å². The first-order valence-corrected chi connectivity index (χ1v) is 8.54. The second-order valence-corrected chi connectivity index (χ2v) is 6.60. The zero-order valence-corrected chi connectivity index (χ0v) is 15.3. The van der Waals surface area contributed by atoms with Crippen LogP contribution in [0.3, 0.4) is 0 Å². The summed E-state index contributed by atoms with van der Waals surface area (Å²) in [6, 6.07) is 4.13. The highest BCUT2D eigenvalue weighted by atomic mass is 79.9. The van der Waals surface area contributed by atoms with E-state index in [1.165, 1.54) is 5.56 Å². The molecule has 0 heterocycles. The quantitative estimate of drug-likeness (QED) is 0.645. The van der Waals surface area contributed by atoms with Gasteiger partial charge in [-0.1, -0.05) is 13.3 Å². The summed E-state index contributed by atoms with van der Waals surface area (Å²) in [5, 5.41) is 12.5. The SMILES string of the molecule is CCCC(CCO)CNCc1cc(Br)c(OC)c(Br)c1. The van der Waals surface area contributed by atoms with Crippen molar-refractivity contribution in [1.29, 1.82) is 0 Å². The van der Waals surface area contributed by atoms with Gasteiger partial charge in [0.25, 0.3) is 0 Å². The van der Waals surface area contributed by atoms with E-state index in [0.29, 0.717) is 5.92 Å². The number of aliphatic hydroxyl groups is 1. The molecule has 0 aliphatic rings. The van der Waals surface area contributed by atoms with Crippen LogP contribution in [-0.4, -0.2) is 25.4 Å². The molecule has 0 spiro atoms. The van der Waals surface area contributed by atoms with Crippen molar-refractivity contribution >= 4 is 31.9 Å². The highest BCUT2D eigenvalue weighted by Crippen LogP contribution is 2.34. The van der Waals surface area contributed by atoms with Crippen molar-refractivity contribution < 1.29 is 9.84 Å². The number of ether oxygens (including phenoxy) is 1. The van der Waals surface area contributed by atoms with Crippen LogP contribution >= 0.6 is 31.9 Å². The largest absolute Gasteiger partial charge is 0.494 e. The maximum absolute atomic E-state index is 9.06. The van der Waals surface area contributed by atoms with Gasteiger partial charge < -0.3 is 15.2 Å². The van der Waals surface area contributed by atoms with Gasteiger partial charge in [-0.05, 0) is 74.9 Å². The van der Waals surface area contributed by atoms with Gasteiger partial charge in [0.2, 0.25) is 0 Å². The minimum Gasteiger partial charge on any atom is -0.494 e. The van der Waals surface area contributed by atoms with E-state index in [4.69, 9.17) is 9.84 Å². The van der Waals surface area contributed by atoms with E-state index in [2.05, 4.69) is 56.2 Å². The smallest absolute Gasteiger partial charge is 0.147 e. The van der Waals surface area contributed by atoms with Crippen molar-refractivity contribution in [2.24, 2.45) is 5.92 Å². The Kier molecular flexibility index (Phi) is 8.77. The molecule has 20 heavy (non-hydrogen) atoms. The zero-order chi connectivity index (χ0) is 15.0. The third-order valence-corrected chi connectivity index (χ3v) is 4.44. The van der Waals surface area contributed by atoms with E-state index in [1.807, 2.05) is 0 Å². The molecule has 1 aromatic carbocycles. The molecule has 1 rings (SSSR count). The number of halogens is 2. The van der Waals surface area contributed by atoms with Crippen molar-refractivity contribution in [3.05, 3.63) is 26.6 Å². The minimum atomic E-state index is 0.270. The van der Waals surface area contributed by atoms with Crippen molar-refractivity contribution in [2.75, 3.05) is 20.3 Å². The Morgan fingerprint density at radius 1 is 1.25 bits per heavy atom. The monoisotopic (exact) mass is 407 g/mol. The lowest BCUT2D eigenvalue weighted by Crippen LogP contribution is -2.23. The highest BCUT2D eigenvalue weighted by Gasteiger charge is 2.09. The molecule has 114 valence electrons. The summed E-state index contributed by atoms with van der Waals surface area (Å²) in [6.45, 7) is 4.20. The number of aliphatic hydroxyl groups excluding tert-OH is 1. The van der Waals surface area contributed by atoms with Crippen LogP contribution in [0.2, 0.25) is 0 Å². The van der Waals surface area contributed by atoms with Crippen molar-refractivity contribution in [2.45, 2.75) is 32.7 Å². The van der Waals surface area contributed by atoms with Crippen molar-refractivity contribution in [3.63, 3.8) is 0 Å². The van der Waals surface area contributed by atoms with E-state index in [1.54, 1.807) is 7.11 Å². The van der Waals surface area contributed by atoms with Gasteiger partial charge in [0.1, 0.15) is 5.75 Å². The number of rotatable bonds is 9. The Labute approximate surface area is 138 Å². The van der Waals surface area contributed by atoms with E-state index in [-0.39, 0.29) is 6.61 Å². The van der Waals surface area contributed by atoms with Crippen LogP contribution in [0.25, 0.3) is 0 Å². The third-order valence-electron chi connectivity index (χ3n) is 3.26. The van der Waals surface area contributed by atoms with E-state index in [0.717, 1.165) is 47.0 Å². The van der Waals surface area contributed by atoms with Crippen LogP contribution < -0.4 is 10.1 Å². The summed E-state index contributed by atoms with van der Waals surface area (Å²) in [5.74, 6) is 1.37. The molecule has 0 fully saturated rings. The molecule has 0 aliphatic heterocycles. The second kappa shape index (κ2) is 9.77. The summed E-state index contributed by atoms with van der Waals surface area (Å²) in [4.78, 5) is 0. The molecule has 0 bridgehead atoms. The Morgan fingerprint density at radius 2 is 1.90 bits per heavy atom. The normalized spacial score (nSPS) is 12.4. The number of hydrogen-bond donors (Lipinski definition) is 2. The molecule has 5 heteroatoms. The standard InChI is InChI=1S/C15H23Br2NO2/c1-3-4-11(5-6-19)9-18-10-12-7-13(16)15(20-2)14(17)8-12/h7-8,11,18-19H,3-6,9-10H2,1-2H3. The van der Waals surface area contributed by atoms with Gasteiger partial charge in [-0.2, -0.15) is 0 Å². The molecule has 1 unspecified atom stereocenters. The average Bonchev–Trinajstić information content (AvgIpc) is 2.39. The third kappa shape index (κ3) is 5.72. The number of hydrogen-bond acceptors (Lipinski definition) is 3. The number of benzene rings is 1. The molecule has 1 aromatic rings. The molecule has 0 saturated heterocycles. The van der Waals surface area contributed by atoms with Crippen LogP contribution in [-0.2, 0) is 6.54 Å². The predicted octanol–water partition coefficient (Wildman–Crippen LogP) is 4.11. The molecular weight excluding hydrogens is 386 g/mol. The minimum absolute atomic E-state index is 0.270. The Morgan fingerprint density at radius 3 is 2.40 bits per heavy atom. The van der Waals surface area contributed by atoms with Gasteiger partial charge in [-0.25, -0.2) is 0 Å². The van der Waals surface area contributed by atoms with E-state index < -0.39 is 0 Å². The first kappa shape index (κ1) is 18.0. The summed E-state index contributed by atoms with van der Waals surface area (Å²) in [5.41, 5.74) is 1.20. The fourth-order valence-corrected chi connectivity index (χ4v) is 3.87. The lowest BCUT2D eigenvalue weighted by atomic mass is 10.0.